The van der Waals surface area contributed by atoms with Crippen LogP contribution in [0.25, 0.3) is 4.85 Å². The molecule has 0 unspecified atom stereocenters. The highest BCUT2D eigenvalue weighted by atomic mass is 16.7. The molecule has 4 bridgehead atoms. The number of carboxylic acid groups (broad SMARTS) is 1. The van der Waals surface area contributed by atoms with Gasteiger partial charge in [0, 0.05) is 25.7 Å². The number of carbonyl (C=O) groups is 4. The lowest BCUT2D eigenvalue weighted by Crippen LogP contribution is -2.65. The number of nitrogens with zero attached hydrogens (tertiary/aromatic N) is 3. The van der Waals surface area contributed by atoms with E-state index in [0.717, 1.165) is 44.2 Å². The van der Waals surface area contributed by atoms with Gasteiger partial charge in [-0.15, -0.1) is 0 Å². The highest BCUT2D eigenvalue weighted by Crippen LogP contribution is 2.67. The normalized spacial score (nSPS) is 30.0. The van der Waals surface area contributed by atoms with Crippen LogP contribution in [0.3, 0.4) is 0 Å². The maximum absolute atomic E-state index is 13.3. The molecule has 7 aliphatic carbocycles. The van der Waals surface area contributed by atoms with E-state index in [9.17, 15) is 19.2 Å². The number of carboxylic acids is 1. The fourth-order valence-corrected chi connectivity index (χ4v) is 15.2. The van der Waals surface area contributed by atoms with E-state index < -0.39 is 20.2 Å². The Balaban J connectivity index is 0.000000190. The number of carbonyl (C=O) groups excluding carboxylic acids is 3. The molecule has 5 N–H and O–H groups in total. The molecule has 448 valence electrons. The van der Waals surface area contributed by atoms with Crippen molar-refractivity contribution in [1.29, 1.82) is 5.26 Å². The summed E-state index contributed by atoms with van der Waals surface area (Å²) in [5.74, 6) is 1.16. The van der Waals surface area contributed by atoms with Crippen LogP contribution in [0.5, 0.6) is 0 Å². The highest BCUT2D eigenvalue weighted by molar-refractivity contribution is 6.48. The van der Waals surface area contributed by atoms with Gasteiger partial charge in [-0.3, -0.25) is 4.79 Å². The van der Waals surface area contributed by atoms with E-state index >= 15 is 0 Å². The number of piperidine rings is 1. The van der Waals surface area contributed by atoms with Gasteiger partial charge in [-0.1, -0.05) is 147 Å². The number of urea groups is 2. The summed E-state index contributed by atoms with van der Waals surface area (Å²) in [7, 11) is -0.956. The Morgan fingerprint density at radius 2 is 1.17 bits per heavy atom. The Hall–Kier alpha value is -5.65. The minimum absolute atomic E-state index is 0.0322. The number of nitriles is 1. The fourth-order valence-electron chi connectivity index (χ4n) is 15.2. The first-order valence-electron chi connectivity index (χ1n) is 31.0. The van der Waals surface area contributed by atoms with E-state index in [0.29, 0.717) is 60.9 Å². The Morgan fingerprint density at radius 1 is 0.699 bits per heavy atom. The zero-order chi connectivity index (χ0) is 59.9. The molecular formula is C65H93B2N7O9. The van der Waals surface area contributed by atoms with E-state index in [4.69, 9.17) is 35.6 Å². The van der Waals surface area contributed by atoms with Crippen LogP contribution in [0.15, 0.2) is 84.1 Å². The van der Waals surface area contributed by atoms with Crippen LogP contribution >= 0.6 is 0 Å². The first-order chi connectivity index (χ1) is 39.5. The van der Waals surface area contributed by atoms with Gasteiger partial charge in [-0.2, -0.15) is 5.26 Å². The molecule has 5 amide bonds. The first kappa shape index (κ1) is 63.4. The predicted molar refractivity (Wildman–Crippen MR) is 323 cm³/mol. The Kier molecular flexibility index (Phi) is 20.7. The molecule has 3 heterocycles. The average molecular weight is 1140 g/mol. The lowest BCUT2D eigenvalue weighted by molar-refractivity contribution is -0.199. The van der Waals surface area contributed by atoms with E-state index in [1.54, 1.807) is 17.0 Å². The molecule has 2 aromatic carbocycles. The molecule has 7 saturated carbocycles. The van der Waals surface area contributed by atoms with Gasteiger partial charge in [-0.25, -0.2) is 19.2 Å². The number of nitrogens with one attached hydrogen (secondary N) is 4. The number of hydrogen-bond donors (Lipinski definition) is 5. The highest BCUT2D eigenvalue weighted by Gasteiger charge is 2.70. The molecule has 16 nitrogen and oxygen atoms in total. The van der Waals surface area contributed by atoms with Crippen LogP contribution in [0.1, 0.15) is 157 Å². The van der Waals surface area contributed by atoms with Gasteiger partial charge in [0.25, 0.3) is 5.91 Å². The third kappa shape index (κ3) is 14.7. The molecule has 10 fully saturated rings. The van der Waals surface area contributed by atoms with Gasteiger partial charge in [0.15, 0.2) is 0 Å². The third-order valence-corrected chi connectivity index (χ3v) is 20.2. The number of aliphatic carboxylic acids is 1. The van der Waals surface area contributed by atoms with Crippen LogP contribution in [-0.4, -0.2) is 109 Å². The van der Waals surface area contributed by atoms with Crippen molar-refractivity contribution in [1.82, 2.24) is 26.2 Å². The Morgan fingerprint density at radius 3 is 1.59 bits per heavy atom. The maximum Gasteiger partial charge on any atom is 0.482 e. The quantitative estimate of drug-likeness (QED) is 0.0465. The smallest absolute Gasteiger partial charge is 0.477 e. The second-order valence-electron chi connectivity index (χ2n) is 27.3. The second-order valence-corrected chi connectivity index (χ2v) is 27.3. The number of hydrogen-bond acceptors (Lipinski definition) is 9. The summed E-state index contributed by atoms with van der Waals surface area (Å²) >= 11 is 0. The third-order valence-electron chi connectivity index (χ3n) is 20.2. The Bertz CT molecular complexity index is 2720. The molecule has 11 atom stereocenters. The molecule has 0 radical (unpaired) electrons. The molecule has 12 rings (SSSR count). The molecule has 10 aliphatic rings. The molecule has 2 aromatic rings. The molecule has 3 aliphatic heterocycles. The van der Waals surface area contributed by atoms with Gasteiger partial charge in [0.1, 0.15) is 11.6 Å². The fraction of sp³-hybridized carbons (Fsp3) is 0.662. The summed E-state index contributed by atoms with van der Waals surface area (Å²) in [6.45, 7) is 30.6. The molecule has 0 spiro atoms. The monoisotopic (exact) mass is 1140 g/mol. The zero-order valence-corrected chi connectivity index (χ0v) is 51.1. The topological polar surface area (TPSA) is 205 Å². The summed E-state index contributed by atoms with van der Waals surface area (Å²) < 4.78 is 26.5. The van der Waals surface area contributed by atoms with E-state index in [1.165, 1.54) is 56.6 Å². The number of benzene rings is 2. The average Bonchev–Trinajstić information content (AvgIpc) is 1.77. The summed E-state index contributed by atoms with van der Waals surface area (Å²) in [5.41, 5.74) is 2.18. The van der Waals surface area contributed by atoms with Crippen molar-refractivity contribution in [2.75, 3.05) is 19.6 Å². The zero-order valence-electron chi connectivity index (χ0n) is 51.1. The summed E-state index contributed by atoms with van der Waals surface area (Å²) in [6.07, 6.45) is 18.0. The van der Waals surface area contributed by atoms with Crippen LogP contribution in [0.4, 0.5) is 9.59 Å². The van der Waals surface area contributed by atoms with E-state index in [2.05, 4.69) is 91.9 Å². The van der Waals surface area contributed by atoms with Crippen molar-refractivity contribution in [3.05, 3.63) is 107 Å². The maximum atomic E-state index is 13.3. The Labute approximate surface area is 495 Å². The molecular weight excluding hydrogens is 1040 g/mol. The molecule has 3 saturated heterocycles. The number of rotatable bonds is 16. The van der Waals surface area contributed by atoms with Crippen molar-refractivity contribution in [3.8, 4) is 6.07 Å². The SMILES string of the molecule is CC(C)C=C(C#N)C(=O)O.CC1(C)[C@@H]2C[C@H]3OB([C@H](Cc4ccccc4)NC(=O)NCC4CCCCC4)O[C@@]3(C)[C@H]1C2.[C-]#[N+]C(=CC(C)C)C(=O)N1CCCC[C@H]1CNC(=O)N[C@@H](Cc1ccccc1)B1O[C@@H]2C[C@@H]3C[C@@H](C3(C)C)[C@]2(C)O1. The van der Waals surface area contributed by atoms with Gasteiger partial charge < -0.3 is 49.9 Å². The number of amides is 5. The molecule has 18 heteroatoms. The number of likely N-dealkylation sites (tertiary alicyclic amines) is 1. The van der Waals surface area contributed by atoms with Crippen molar-refractivity contribution in [3.63, 3.8) is 0 Å². The van der Waals surface area contributed by atoms with Crippen LogP contribution in [0, 0.1) is 70.2 Å². The van der Waals surface area contributed by atoms with Crippen molar-refractivity contribution >= 4 is 38.2 Å². The number of allylic oxidation sites excluding steroid dienone is 2. The standard InChI is InChI=1S/C32H45BN4O4.C26H39BN2O3.C7H9NO2/c1-21(2)16-25(34-6)29(38)37-15-11-10-14-24(37)20-35-30(39)36-28(17-22-12-8-7-9-13-22)33-40-27-19-23-18-26(31(23,3)4)32(27,5)41-33;1-25(2)20-15-21(25)26(3)22(16-20)31-27(32-26)23(14-18-10-6-4-7-11-18)29-24(30)28-17-19-12-8-5-9-13-19;1-5(2)3-6(4-8)7(9)10/h7-9,12-13,16,21,23-24,26-28H,10-11,14-15,17-20H2,1-5H3,(H2,35,36,39);4,6-7,10-11,19-23H,5,8-9,12-17H2,1-3H3,(H2,28,29,30);3,5H,1-2H3,(H,9,10)/t23-,24-,26-,27+,28-,32-;20-,21-,22+,23-,26-;/m00./s1. The van der Waals surface area contributed by atoms with Gasteiger partial charge in [0.05, 0.1) is 41.9 Å². The minimum atomic E-state index is -1.16. The summed E-state index contributed by atoms with van der Waals surface area (Å²) in [4.78, 5) is 54.8. The molecule has 83 heavy (non-hydrogen) atoms. The second kappa shape index (κ2) is 27.2. The van der Waals surface area contributed by atoms with E-state index in [-0.39, 0.29) is 87.8 Å². The van der Waals surface area contributed by atoms with Crippen molar-refractivity contribution in [2.24, 2.45) is 52.3 Å². The van der Waals surface area contributed by atoms with Crippen LogP contribution in [0.2, 0.25) is 0 Å². The minimum Gasteiger partial charge on any atom is -0.477 e. The first-order valence-corrected chi connectivity index (χ1v) is 31.0. The van der Waals surface area contributed by atoms with Gasteiger partial charge >= 0.3 is 32.3 Å². The summed E-state index contributed by atoms with van der Waals surface area (Å²) in [6, 6.07) is 21.5. The summed E-state index contributed by atoms with van der Waals surface area (Å²) in [5, 5.41) is 29.1. The lowest BCUT2D eigenvalue weighted by atomic mass is 9.43. The van der Waals surface area contributed by atoms with Crippen molar-refractivity contribution < 1.29 is 42.9 Å². The largest absolute Gasteiger partial charge is 0.482 e. The van der Waals surface area contributed by atoms with Crippen LogP contribution in [-0.2, 0) is 41.0 Å². The lowest BCUT2D eigenvalue weighted by Gasteiger charge is -2.64. The van der Waals surface area contributed by atoms with E-state index in [1.807, 2.05) is 64.1 Å². The van der Waals surface area contributed by atoms with Gasteiger partial charge in [-0.05, 0) is 148 Å². The molecule has 0 aromatic heterocycles. The predicted octanol–water partition coefficient (Wildman–Crippen LogP) is 10.9. The van der Waals surface area contributed by atoms with Gasteiger partial charge in [0.2, 0.25) is 5.70 Å². The van der Waals surface area contributed by atoms with Crippen molar-refractivity contribution in [2.45, 2.75) is 200 Å². The van der Waals surface area contributed by atoms with Crippen LogP contribution < -0.4 is 21.3 Å².